The van der Waals surface area contributed by atoms with Gasteiger partial charge in [0.25, 0.3) is 0 Å². The molecule has 33 heavy (non-hydrogen) atoms. The Hall–Kier alpha value is -4.29. The number of hydrazone groups is 1. The van der Waals surface area contributed by atoms with Gasteiger partial charge in [0, 0.05) is 10.8 Å². The molecular formula is C24H19N3O5S. The number of hydrogen-bond acceptors (Lipinski definition) is 9. The zero-order valence-electron chi connectivity index (χ0n) is 17.8. The van der Waals surface area contributed by atoms with Crippen molar-refractivity contribution in [2.45, 2.75) is 0 Å². The first-order chi connectivity index (χ1) is 16.1. The maximum absolute atomic E-state index is 12.4. The minimum absolute atomic E-state index is 0.154. The number of terminal acetylenes is 1. The molecule has 0 unspecified atom stereocenters. The lowest BCUT2D eigenvalue weighted by molar-refractivity contribution is 0.331. The highest BCUT2D eigenvalue weighted by atomic mass is 32.1. The molecule has 9 heteroatoms. The van der Waals surface area contributed by atoms with Gasteiger partial charge in [-0.25, -0.2) is 9.78 Å². The second kappa shape index (κ2) is 9.89. The van der Waals surface area contributed by atoms with Crippen LogP contribution < -0.4 is 25.3 Å². The molecule has 0 aliphatic rings. The van der Waals surface area contributed by atoms with Crippen LogP contribution in [0.4, 0.5) is 5.13 Å². The Bertz CT molecular complexity index is 1420. The van der Waals surface area contributed by atoms with Crippen LogP contribution in [0.3, 0.4) is 0 Å². The lowest BCUT2D eigenvalue weighted by Crippen LogP contribution is -2.03. The molecule has 8 nitrogen and oxygen atoms in total. The number of aromatic nitrogens is 1. The summed E-state index contributed by atoms with van der Waals surface area (Å²) in [4.78, 5) is 16.9. The third-order valence-electron chi connectivity index (χ3n) is 4.59. The summed E-state index contributed by atoms with van der Waals surface area (Å²) in [5.74, 6) is 4.18. The quantitative estimate of drug-likeness (QED) is 0.180. The molecule has 0 radical (unpaired) electrons. The fraction of sp³-hybridized carbons (Fsp3) is 0.125. The first-order valence-electron chi connectivity index (χ1n) is 9.72. The number of ether oxygens (including phenoxy) is 3. The van der Waals surface area contributed by atoms with Crippen molar-refractivity contribution in [3.05, 3.63) is 63.8 Å². The van der Waals surface area contributed by atoms with Crippen LogP contribution in [-0.4, -0.2) is 32.0 Å². The normalized spacial score (nSPS) is 10.8. The molecule has 0 atom stereocenters. The monoisotopic (exact) mass is 461 g/mol. The van der Waals surface area contributed by atoms with Crippen molar-refractivity contribution < 1.29 is 18.6 Å². The van der Waals surface area contributed by atoms with Gasteiger partial charge in [0.1, 0.15) is 17.9 Å². The molecule has 0 bridgehead atoms. The van der Waals surface area contributed by atoms with Gasteiger partial charge in [-0.15, -0.1) is 17.8 Å². The van der Waals surface area contributed by atoms with E-state index in [1.807, 2.05) is 6.07 Å². The van der Waals surface area contributed by atoms with Gasteiger partial charge in [-0.2, -0.15) is 5.10 Å². The van der Waals surface area contributed by atoms with Crippen molar-refractivity contribution in [1.29, 1.82) is 0 Å². The maximum atomic E-state index is 12.4. The van der Waals surface area contributed by atoms with E-state index in [2.05, 4.69) is 21.4 Å². The van der Waals surface area contributed by atoms with Crippen molar-refractivity contribution in [2.75, 3.05) is 26.3 Å². The standard InChI is InChI=1S/C24H19N3O5S/c1-4-9-31-21-7-5-15(10-22(21)30-3)13-25-27-24-26-19(14-33-24)18-12-16-11-17(29-2)6-8-20(16)32-23(18)28/h1,5-8,10-14H,9H2,2-3H3,(H,26,27)/b25-13+. The van der Waals surface area contributed by atoms with Gasteiger partial charge in [0.05, 0.1) is 31.7 Å². The second-order valence-electron chi connectivity index (χ2n) is 6.66. The van der Waals surface area contributed by atoms with Crippen molar-refractivity contribution >= 4 is 33.7 Å². The molecule has 0 saturated heterocycles. The molecule has 0 aliphatic carbocycles. The zero-order chi connectivity index (χ0) is 23.2. The third kappa shape index (κ3) is 4.97. The van der Waals surface area contributed by atoms with Crippen LogP contribution in [0.2, 0.25) is 0 Å². The van der Waals surface area contributed by atoms with Gasteiger partial charge < -0.3 is 18.6 Å². The number of nitrogens with zero attached hydrogens (tertiary/aromatic N) is 2. The number of benzene rings is 2. The van der Waals surface area contributed by atoms with E-state index >= 15 is 0 Å². The summed E-state index contributed by atoms with van der Waals surface area (Å²) in [5.41, 5.74) is 4.52. The average molecular weight is 461 g/mol. The molecule has 0 saturated carbocycles. The van der Waals surface area contributed by atoms with E-state index in [9.17, 15) is 4.79 Å². The number of hydrogen-bond donors (Lipinski definition) is 1. The Morgan fingerprint density at radius 2 is 2.06 bits per heavy atom. The summed E-state index contributed by atoms with van der Waals surface area (Å²) in [5, 5.41) is 7.23. The summed E-state index contributed by atoms with van der Waals surface area (Å²) >= 11 is 1.32. The SMILES string of the molecule is C#CCOc1ccc(/C=N/Nc2nc(-c3cc4cc(OC)ccc4oc3=O)cs2)cc1OC. The lowest BCUT2D eigenvalue weighted by atomic mass is 10.1. The summed E-state index contributed by atoms with van der Waals surface area (Å²) < 4.78 is 21.4. The smallest absolute Gasteiger partial charge is 0.345 e. The second-order valence-corrected chi connectivity index (χ2v) is 7.52. The molecular weight excluding hydrogens is 442 g/mol. The van der Waals surface area contributed by atoms with Gasteiger partial charge in [0.15, 0.2) is 11.5 Å². The molecule has 1 N–H and O–H groups in total. The van der Waals surface area contributed by atoms with Crippen LogP contribution in [0.5, 0.6) is 17.2 Å². The molecule has 4 aromatic rings. The highest BCUT2D eigenvalue weighted by molar-refractivity contribution is 7.14. The fourth-order valence-electron chi connectivity index (χ4n) is 3.02. The molecule has 2 aromatic carbocycles. The van der Waals surface area contributed by atoms with E-state index in [0.717, 1.165) is 10.9 Å². The summed E-state index contributed by atoms with van der Waals surface area (Å²) in [6, 6.07) is 12.3. The minimum atomic E-state index is -0.466. The summed E-state index contributed by atoms with van der Waals surface area (Å²) in [6.07, 6.45) is 6.84. The van der Waals surface area contributed by atoms with Crippen molar-refractivity contribution in [3.8, 4) is 40.8 Å². The molecule has 0 spiro atoms. The van der Waals surface area contributed by atoms with E-state index < -0.39 is 5.63 Å². The Morgan fingerprint density at radius 1 is 1.18 bits per heavy atom. The highest BCUT2D eigenvalue weighted by Gasteiger charge is 2.12. The van der Waals surface area contributed by atoms with Crippen molar-refractivity contribution in [3.63, 3.8) is 0 Å². The molecule has 0 fully saturated rings. The molecule has 0 aliphatic heterocycles. The molecule has 0 amide bonds. The first kappa shape index (κ1) is 21.9. The number of rotatable bonds is 8. The Kier molecular flexibility index (Phi) is 6.57. The molecule has 2 heterocycles. The van der Waals surface area contributed by atoms with Gasteiger partial charge >= 0.3 is 5.63 Å². The Balaban J connectivity index is 1.50. The predicted octanol–water partition coefficient (Wildman–Crippen LogP) is 4.39. The molecule has 4 rings (SSSR count). The van der Waals surface area contributed by atoms with Gasteiger partial charge in [-0.05, 0) is 48.0 Å². The zero-order valence-corrected chi connectivity index (χ0v) is 18.6. The summed E-state index contributed by atoms with van der Waals surface area (Å²) in [7, 11) is 3.13. The van der Waals surface area contributed by atoms with Gasteiger partial charge in [-0.1, -0.05) is 5.92 Å². The van der Waals surface area contributed by atoms with Crippen molar-refractivity contribution in [1.82, 2.24) is 4.98 Å². The Morgan fingerprint density at radius 3 is 2.85 bits per heavy atom. The van der Waals surface area contributed by atoms with E-state index in [1.54, 1.807) is 62.2 Å². The van der Waals surface area contributed by atoms with Crippen LogP contribution in [0.25, 0.3) is 22.2 Å². The fourth-order valence-corrected chi connectivity index (χ4v) is 3.68. The van der Waals surface area contributed by atoms with E-state index in [-0.39, 0.29) is 6.61 Å². The highest BCUT2D eigenvalue weighted by Crippen LogP contribution is 2.28. The van der Waals surface area contributed by atoms with Crippen LogP contribution in [0.15, 0.2) is 62.2 Å². The average Bonchev–Trinajstić information content (AvgIpc) is 3.31. The van der Waals surface area contributed by atoms with E-state index in [1.165, 1.54) is 11.3 Å². The van der Waals surface area contributed by atoms with Crippen LogP contribution in [0.1, 0.15) is 5.56 Å². The van der Waals surface area contributed by atoms with Crippen LogP contribution in [0, 0.1) is 12.3 Å². The number of methoxy groups -OCH3 is 2. The van der Waals surface area contributed by atoms with Crippen LogP contribution in [-0.2, 0) is 0 Å². The van der Waals surface area contributed by atoms with Crippen molar-refractivity contribution in [2.24, 2.45) is 5.10 Å². The van der Waals surface area contributed by atoms with E-state index in [4.69, 9.17) is 25.1 Å². The molecule has 2 aromatic heterocycles. The first-order valence-corrected chi connectivity index (χ1v) is 10.6. The predicted molar refractivity (Wildman–Crippen MR) is 129 cm³/mol. The number of nitrogens with one attached hydrogen (secondary N) is 1. The lowest BCUT2D eigenvalue weighted by Gasteiger charge is -2.08. The van der Waals surface area contributed by atoms with Gasteiger partial charge in [0.2, 0.25) is 5.13 Å². The van der Waals surface area contributed by atoms with E-state index in [0.29, 0.717) is 39.2 Å². The minimum Gasteiger partial charge on any atom is -0.497 e. The largest absolute Gasteiger partial charge is 0.497 e. The third-order valence-corrected chi connectivity index (χ3v) is 5.34. The molecule has 166 valence electrons. The maximum Gasteiger partial charge on any atom is 0.345 e. The Labute approximate surface area is 193 Å². The van der Waals surface area contributed by atoms with Gasteiger partial charge in [-0.3, -0.25) is 5.43 Å². The number of thiazole rings is 1. The topological polar surface area (TPSA) is 95.2 Å². The summed E-state index contributed by atoms with van der Waals surface area (Å²) in [6.45, 7) is 0.154. The number of fused-ring (bicyclic) bond motifs is 1. The number of anilines is 1. The van der Waals surface area contributed by atoms with Crippen LogP contribution >= 0.6 is 11.3 Å².